The quantitative estimate of drug-likeness (QED) is 0.830. The molecule has 0 aliphatic rings. The number of carbonyl (C=O) groups excluding carboxylic acids is 1. The number of nitrogens with zero attached hydrogens (tertiary/aromatic N) is 2. The third kappa shape index (κ3) is 4.17. The van der Waals surface area contributed by atoms with Crippen LogP contribution in [0.5, 0.6) is 0 Å². The Kier molecular flexibility index (Phi) is 5.17. The molecular formula is C14H17ClN4OS. The highest BCUT2D eigenvalue weighted by molar-refractivity contribution is 7.07. The number of hydrogen-bond donors (Lipinski definition) is 2. The Balaban J connectivity index is 1.96. The largest absolute Gasteiger partial charge is 0.397 e. The molecule has 1 heterocycles. The smallest absolute Gasteiger partial charge is 0.241 e. The van der Waals surface area contributed by atoms with Gasteiger partial charge in [-0.05, 0) is 32.2 Å². The molecule has 0 aliphatic carbocycles. The van der Waals surface area contributed by atoms with Crippen molar-refractivity contribution in [3.8, 4) is 0 Å². The van der Waals surface area contributed by atoms with Crippen LogP contribution in [0.15, 0.2) is 29.1 Å². The maximum Gasteiger partial charge on any atom is 0.241 e. The van der Waals surface area contributed by atoms with Gasteiger partial charge in [0, 0.05) is 17.6 Å². The van der Waals surface area contributed by atoms with Crippen molar-refractivity contribution in [2.24, 2.45) is 0 Å². The van der Waals surface area contributed by atoms with E-state index in [1.54, 1.807) is 35.0 Å². The predicted octanol–water partition coefficient (Wildman–Crippen LogP) is 2.84. The molecule has 1 amide bonds. The predicted molar refractivity (Wildman–Crippen MR) is 87.5 cm³/mol. The van der Waals surface area contributed by atoms with Crippen LogP contribution in [-0.4, -0.2) is 28.9 Å². The number of nitrogens with one attached hydrogen (secondary N) is 1. The van der Waals surface area contributed by atoms with Crippen molar-refractivity contribution in [1.82, 2.24) is 9.88 Å². The van der Waals surface area contributed by atoms with E-state index in [4.69, 9.17) is 17.3 Å². The van der Waals surface area contributed by atoms with Gasteiger partial charge in [0.1, 0.15) is 0 Å². The third-order valence-corrected chi connectivity index (χ3v) is 4.18. The lowest BCUT2D eigenvalue weighted by Gasteiger charge is -2.23. The first-order valence-electron chi connectivity index (χ1n) is 6.40. The molecule has 0 aliphatic heterocycles. The van der Waals surface area contributed by atoms with Crippen LogP contribution >= 0.6 is 22.9 Å². The third-order valence-electron chi connectivity index (χ3n) is 3.20. The van der Waals surface area contributed by atoms with E-state index >= 15 is 0 Å². The van der Waals surface area contributed by atoms with Gasteiger partial charge in [0.05, 0.1) is 28.0 Å². The van der Waals surface area contributed by atoms with Crippen molar-refractivity contribution in [2.75, 3.05) is 18.1 Å². The molecule has 7 heteroatoms. The summed E-state index contributed by atoms with van der Waals surface area (Å²) in [5.41, 5.74) is 9.54. The van der Waals surface area contributed by atoms with Crippen molar-refractivity contribution in [2.45, 2.75) is 19.5 Å². The number of aromatic nitrogens is 1. The van der Waals surface area contributed by atoms with Crippen LogP contribution in [0.4, 0.5) is 11.4 Å². The number of nitrogens with two attached hydrogens (primary N) is 1. The van der Waals surface area contributed by atoms with E-state index in [-0.39, 0.29) is 11.9 Å². The van der Waals surface area contributed by atoms with Gasteiger partial charge in [-0.3, -0.25) is 9.69 Å². The number of carbonyl (C=O) groups is 1. The summed E-state index contributed by atoms with van der Waals surface area (Å²) in [6, 6.07) is 4.75. The SMILES string of the molecule is CC(C(=O)Nc1ccc(Cl)c(N)c1)N(C)Cc1cscn1. The van der Waals surface area contributed by atoms with Crippen LogP contribution in [0.2, 0.25) is 5.02 Å². The second-order valence-electron chi connectivity index (χ2n) is 4.80. The second-order valence-corrected chi connectivity index (χ2v) is 5.92. The number of nitrogen functional groups attached to an aromatic ring is 1. The fourth-order valence-electron chi connectivity index (χ4n) is 1.78. The topological polar surface area (TPSA) is 71.2 Å². The minimum atomic E-state index is -0.288. The molecule has 0 saturated carbocycles. The summed E-state index contributed by atoms with van der Waals surface area (Å²) >= 11 is 7.40. The van der Waals surface area contributed by atoms with Gasteiger partial charge in [0.25, 0.3) is 0 Å². The molecule has 1 unspecified atom stereocenters. The zero-order valence-electron chi connectivity index (χ0n) is 11.8. The van der Waals surface area contributed by atoms with Gasteiger partial charge in [-0.15, -0.1) is 11.3 Å². The van der Waals surface area contributed by atoms with Crippen molar-refractivity contribution in [3.63, 3.8) is 0 Å². The van der Waals surface area contributed by atoms with Crippen LogP contribution in [-0.2, 0) is 11.3 Å². The maximum absolute atomic E-state index is 12.2. The highest BCUT2D eigenvalue weighted by Gasteiger charge is 2.19. The average Bonchev–Trinajstić information content (AvgIpc) is 2.94. The molecule has 1 aromatic carbocycles. The Labute approximate surface area is 132 Å². The minimum absolute atomic E-state index is 0.102. The molecule has 0 radical (unpaired) electrons. The van der Waals surface area contributed by atoms with Crippen LogP contribution in [0, 0.1) is 0 Å². The number of thiazole rings is 1. The Morgan fingerprint density at radius 2 is 2.33 bits per heavy atom. The average molecular weight is 325 g/mol. The van der Waals surface area contributed by atoms with E-state index < -0.39 is 0 Å². The van der Waals surface area contributed by atoms with Gasteiger partial charge in [-0.2, -0.15) is 0 Å². The number of halogens is 1. The molecule has 3 N–H and O–H groups in total. The summed E-state index contributed by atoms with van der Waals surface area (Å²) < 4.78 is 0. The molecule has 0 bridgehead atoms. The molecule has 5 nitrogen and oxygen atoms in total. The van der Waals surface area contributed by atoms with Crippen LogP contribution in [0.3, 0.4) is 0 Å². The summed E-state index contributed by atoms with van der Waals surface area (Å²) in [4.78, 5) is 18.4. The summed E-state index contributed by atoms with van der Waals surface area (Å²) in [6.07, 6.45) is 0. The molecule has 0 fully saturated rings. The summed E-state index contributed by atoms with van der Waals surface area (Å²) in [5, 5.41) is 5.28. The first-order chi connectivity index (χ1) is 9.97. The fraction of sp³-hybridized carbons (Fsp3) is 0.286. The number of rotatable bonds is 5. The zero-order chi connectivity index (χ0) is 15.4. The van der Waals surface area contributed by atoms with E-state index in [1.165, 1.54) is 0 Å². The molecule has 0 spiro atoms. The van der Waals surface area contributed by atoms with Gasteiger partial charge in [-0.25, -0.2) is 4.98 Å². The number of anilines is 2. The number of benzene rings is 1. The van der Waals surface area contributed by atoms with Gasteiger partial charge in [0.15, 0.2) is 0 Å². The lowest BCUT2D eigenvalue weighted by Crippen LogP contribution is -2.39. The number of hydrogen-bond acceptors (Lipinski definition) is 5. The Hall–Kier alpha value is -1.63. The van der Waals surface area contributed by atoms with Crippen molar-refractivity contribution < 1.29 is 4.79 Å². The van der Waals surface area contributed by atoms with Crippen LogP contribution in [0.1, 0.15) is 12.6 Å². The Morgan fingerprint density at radius 3 is 2.95 bits per heavy atom. The lowest BCUT2D eigenvalue weighted by molar-refractivity contribution is -0.120. The zero-order valence-corrected chi connectivity index (χ0v) is 13.4. The number of likely N-dealkylation sites (N-methyl/N-ethyl adjacent to an activating group) is 1. The first-order valence-corrected chi connectivity index (χ1v) is 7.72. The summed E-state index contributed by atoms with van der Waals surface area (Å²) in [6.45, 7) is 2.47. The molecule has 112 valence electrons. The number of amides is 1. The van der Waals surface area contributed by atoms with Crippen molar-refractivity contribution >= 4 is 40.2 Å². The minimum Gasteiger partial charge on any atom is -0.397 e. The molecular weight excluding hydrogens is 308 g/mol. The van der Waals surface area contributed by atoms with Crippen molar-refractivity contribution in [1.29, 1.82) is 0 Å². The Bertz CT molecular complexity index is 617. The van der Waals surface area contributed by atoms with E-state index in [9.17, 15) is 4.79 Å². The van der Waals surface area contributed by atoms with E-state index in [0.29, 0.717) is 22.9 Å². The highest BCUT2D eigenvalue weighted by atomic mass is 35.5. The first kappa shape index (κ1) is 15.8. The molecule has 2 aromatic rings. The molecule has 21 heavy (non-hydrogen) atoms. The normalized spacial score (nSPS) is 12.4. The maximum atomic E-state index is 12.2. The van der Waals surface area contributed by atoms with Crippen LogP contribution < -0.4 is 11.1 Å². The van der Waals surface area contributed by atoms with E-state index in [0.717, 1.165) is 5.69 Å². The standard InChI is InChI=1S/C14H17ClN4OS/c1-9(19(2)6-11-7-21-8-17-11)14(20)18-10-3-4-12(15)13(16)5-10/h3-5,7-9H,6,16H2,1-2H3,(H,18,20). The molecule has 1 aromatic heterocycles. The Morgan fingerprint density at radius 1 is 1.57 bits per heavy atom. The lowest BCUT2D eigenvalue weighted by atomic mass is 10.2. The molecule has 2 rings (SSSR count). The molecule has 1 atom stereocenters. The van der Waals surface area contributed by atoms with Gasteiger partial charge in [0.2, 0.25) is 5.91 Å². The van der Waals surface area contributed by atoms with Crippen LogP contribution in [0.25, 0.3) is 0 Å². The van der Waals surface area contributed by atoms with Gasteiger partial charge < -0.3 is 11.1 Å². The summed E-state index contributed by atoms with van der Waals surface area (Å²) in [5.74, 6) is -0.102. The van der Waals surface area contributed by atoms with Gasteiger partial charge >= 0.3 is 0 Å². The summed E-state index contributed by atoms with van der Waals surface area (Å²) in [7, 11) is 1.89. The van der Waals surface area contributed by atoms with Gasteiger partial charge in [-0.1, -0.05) is 11.6 Å². The van der Waals surface area contributed by atoms with Crippen molar-refractivity contribution in [3.05, 3.63) is 39.8 Å². The van der Waals surface area contributed by atoms with E-state index in [2.05, 4.69) is 10.3 Å². The molecule has 0 saturated heterocycles. The van der Waals surface area contributed by atoms with E-state index in [1.807, 2.05) is 24.3 Å². The second kappa shape index (κ2) is 6.89. The fourth-order valence-corrected chi connectivity index (χ4v) is 2.44. The monoisotopic (exact) mass is 324 g/mol. The highest BCUT2D eigenvalue weighted by Crippen LogP contribution is 2.22.